The fraction of sp³-hybridized carbons (Fsp3) is 0.615. The molecule has 0 aliphatic carbocycles. The van der Waals surface area contributed by atoms with Crippen LogP contribution in [0.15, 0.2) is 12.1 Å². The molecule has 6 heteroatoms. The quantitative estimate of drug-likeness (QED) is 0.690. The van der Waals surface area contributed by atoms with Crippen LogP contribution in [-0.2, 0) is 0 Å². The first-order valence-electron chi connectivity index (χ1n) is 6.56. The number of hydrogen-bond donors (Lipinski definition) is 3. The van der Waals surface area contributed by atoms with Crippen LogP contribution in [0.25, 0.3) is 0 Å². The monoisotopic (exact) mass is 266 g/mol. The molecule has 0 bridgehead atoms. The maximum Gasteiger partial charge on any atom is 0.271 e. The van der Waals surface area contributed by atoms with Crippen molar-refractivity contribution in [3.63, 3.8) is 0 Å². The lowest BCUT2D eigenvalue weighted by Crippen LogP contribution is -2.33. The third-order valence-corrected chi connectivity index (χ3v) is 2.67. The number of aromatic nitrogens is 2. The van der Waals surface area contributed by atoms with E-state index in [2.05, 4.69) is 20.8 Å². The highest BCUT2D eigenvalue weighted by atomic mass is 16.3. The average Bonchev–Trinajstić information content (AvgIpc) is 2.37. The topological polar surface area (TPSA) is 87.1 Å². The number of hydrogen-bond acceptors (Lipinski definition) is 5. The average molecular weight is 266 g/mol. The van der Waals surface area contributed by atoms with Gasteiger partial charge in [-0.25, -0.2) is 0 Å². The molecule has 0 saturated heterocycles. The summed E-state index contributed by atoms with van der Waals surface area (Å²) in [5.41, 5.74) is -0.484. The Balaban J connectivity index is 2.55. The van der Waals surface area contributed by atoms with Crippen LogP contribution in [0.3, 0.4) is 0 Å². The van der Waals surface area contributed by atoms with Gasteiger partial charge in [0.25, 0.3) is 5.91 Å². The van der Waals surface area contributed by atoms with E-state index in [9.17, 15) is 9.90 Å². The maximum absolute atomic E-state index is 11.5. The van der Waals surface area contributed by atoms with Crippen LogP contribution >= 0.6 is 0 Å². The van der Waals surface area contributed by atoms with Gasteiger partial charge >= 0.3 is 0 Å². The molecule has 0 saturated carbocycles. The zero-order valence-corrected chi connectivity index (χ0v) is 11.7. The number of carbonyl (C=O) groups excluding carboxylic acids is 1. The molecule has 1 unspecified atom stereocenters. The predicted octanol–water partition coefficient (Wildman–Crippen LogP) is 1.19. The Morgan fingerprint density at radius 1 is 1.37 bits per heavy atom. The Morgan fingerprint density at radius 3 is 2.63 bits per heavy atom. The molecular weight excluding hydrogens is 244 g/mol. The highest BCUT2D eigenvalue weighted by Crippen LogP contribution is 2.12. The number of aliphatic hydroxyl groups is 1. The zero-order valence-electron chi connectivity index (χ0n) is 11.7. The van der Waals surface area contributed by atoms with Crippen molar-refractivity contribution in [2.24, 2.45) is 0 Å². The van der Waals surface area contributed by atoms with E-state index in [-0.39, 0.29) is 11.6 Å². The van der Waals surface area contributed by atoms with Gasteiger partial charge in [0.05, 0.1) is 5.60 Å². The van der Waals surface area contributed by atoms with E-state index >= 15 is 0 Å². The van der Waals surface area contributed by atoms with Gasteiger partial charge in [-0.3, -0.25) is 4.79 Å². The number of anilines is 1. The summed E-state index contributed by atoms with van der Waals surface area (Å²) >= 11 is 0. The molecule has 3 N–H and O–H groups in total. The molecule has 1 rings (SSSR count). The van der Waals surface area contributed by atoms with Gasteiger partial charge in [0.1, 0.15) is 5.82 Å². The number of nitrogens with zero attached hydrogens (tertiary/aromatic N) is 2. The summed E-state index contributed by atoms with van der Waals surface area (Å²) in [5, 5.41) is 23.4. The SMILES string of the molecule is CCCC(C)(O)CNc1ccc(C(=O)NCC)nn1. The number of rotatable bonds is 7. The van der Waals surface area contributed by atoms with Gasteiger partial charge in [-0.2, -0.15) is 0 Å². The van der Waals surface area contributed by atoms with E-state index in [0.29, 0.717) is 25.3 Å². The molecular formula is C13H22N4O2. The Kier molecular flexibility index (Phi) is 5.69. The molecule has 0 radical (unpaired) electrons. The molecule has 1 heterocycles. The van der Waals surface area contributed by atoms with Crippen LogP contribution in [0, 0.1) is 0 Å². The Bertz CT molecular complexity index is 404. The van der Waals surface area contributed by atoms with Crippen molar-refractivity contribution in [1.29, 1.82) is 0 Å². The predicted molar refractivity (Wildman–Crippen MR) is 74.1 cm³/mol. The van der Waals surface area contributed by atoms with Crippen molar-refractivity contribution < 1.29 is 9.90 Å². The first kappa shape index (κ1) is 15.4. The fourth-order valence-electron chi connectivity index (χ4n) is 1.71. The van der Waals surface area contributed by atoms with Gasteiger partial charge in [0, 0.05) is 13.1 Å². The summed E-state index contributed by atoms with van der Waals surface area (Å²) in [6.45, 7) is 6.60. The van der Waals surface area contributed by atoms with Crippen LogP contribution in [-0.4, -0.2) is 39.9 Å². The highest BCUT2D eigenvalue weighted by Gasteiger charge is 2.18. The molecule has 6 nitrogen and oxygen atoms in total. The summed E-state index contributed by atoms with van der Waals surface area (Å²) in [6, 6.07) is 3.29. The smallest absolute Gasteiger partial charge is 0.271 e. The van der Waals surface area contributed by atoms with Crippen LogP contribution < -0.4 is 10.6 Å². The molecule has 1 atom stereocenters. The number of nitrogens with one attached hydrogen (secondary N) is 2. The maximum atomic E-state index is 11.5. The number of amides is 1. The largest absolute Gasteiger partial charge is 0.388 e. The lowest BCUT2D eigenvalue weighted by molar-refractivity contribution is 0.0635. The van der Waals surface area contributed by atoms with Crippen LogP contribution in [0.2, 0.25) is 0 Å². The van der Waals surface area contributed by atoms with Crippen LogP contribution in [0.1, 0.15) is 44.1 Å². The van der Waals surface area contributed by atoms with E-state index in [1.807, 2.05) is 13.8 Å². The van der Waals surface area contributed by atoms with E-state index < -0.39 is 5.60 Å². The Morgan fingerprint density at radius 2 is 2.11 bits per heavy atom. The van der Waals surface area contributed by atoms with E-state index in [1.54, 1.807) is 19.1 Å². The minimum absolute atomic E-state index is 0.237. The second-order valence-electron chi connectivity index (χ2n) is 4.76. The first-order valence-corrected chi connectivity index (χ1v) is 6.56. The van der Waals surface area contributed by atoms with Crippen molar-refractivity contribution >= 4 is 11.7 Å². The lowest BCUT2D eigenvalue weighted by atomic mass is 10.0. The summed E-state index contributed by atoms with van der Waals surface area (Å²) < 4.78 is 0. The van der Waals surface area contributed by atoms with E-state index in [0.717, 1.165) is 6.42 Å². The van der Waals surface area contributed by atoms with Gasteiger partial charge < -0.3 is 15.7 Å². The third kappa shape index (κ3) is 5.21. The Labute approximate surface area is 113 Å². The van der Waals surface area contributed by atoms with Crippen molar-refractivity contribution in [2.45, 2.75) is 39.2 Å². The minimum Gasteiger partial charge on any atom is -0.388 e. The van der Waals surface area contributed by atoms with E-state index in [1.165, 1.54) is 0 Å². The summed E-state index contributed by atoms with van der Waals surface area (Å²) in [4.78, 5) is 11.5. The van der Waals surface area contributed by atoms with E-state index in [4.69, 9.17) is 0 Å². The molecule has 0 spiro atoms. The normalized spacial score (nSPS) is 13.7. The van der Waals surface area contributed by atoms with Crippen molar-refractivity contribution in [1.82, 2.24) is 15.5 Å². The molecule has 106 valence electrons. The minimum atomic E-state index is -0.769. The first-order chi connectivity index (χ1) is 8.98. The fourth-order valence-corrected chi connectivity index (χ4v) is 1.71. The zero-order chi connectivity index (χ0) is 14.3. The molecule has 0 aliphatic rings. The van der Waals surface area contributed by atoms with Gasteiger partial charge in [-0.1, -0.05) is 13.3 Å². The van der Waals surface area contributed by atoms with Crippen LogP contribution in [0.4, 0.5) is 5.82 Å². The molecule has 0 fully saturated rings. The van der Waals surface area contributed by atoms with Crippen LogP contribution in [0.5, 0.6) is 0 Å². The molecule has 1 aromatic rings. The summed E-state index contributed by atoms with van der Waals surface area (Å²) in [7, 11) is 0. The highest BCUT2D eigenvalue weighted by molar-refractivity contribution is 5.92. The summed E-state index contributed by atoms with van der Waals surface area (Å²) in [6.07, 6.45) is 1.63. The molecule has 0 aliphatic heterocycles. The lowest BCUT2D eigenvalue weighted by Gasteiger charge is -2.23. The standard InChI is InChI=1S/C13H22N4O2/c1-4-8-13(3,19)9-15-11-7-6-10(16-17-11)12(18)14-5-2/h6-7,19H,4-5,8-9H2,1-3H3,(H,14,18)(H,15,17). The molecule has 0 aromatic carbocycles. The van der Waals surface area contributed by atoms with Gasteiger partial charge in [0.15, 0.2) is 5.69 Å². The van der Waals surface area contributed by atoms with Crippen molar-refractivity contribution in [2.75, 3.05) is 18.4 Å². The molecule has 1 aromatic heterocycles. The number of carbonyl (C=O) groups is 1. The van der Waals surface area contributed by atoms with Crippen molar-refractivity contribution in [3.8, 4) is 0 Å². The second-order valence-corrected chi connectivity index (χ2v) is 4.76. The second kappa shape index (κ2) is 7.04. The van der Waals surface area contributed by atoms with Gasteiger partial charge in [0.2, 0.25) is 0 Å². The Hall–Kier alpha value is -1.69. The summed E-state index contributed by atoms with van der Waals surface area (Å²) in [5.74, 6) is 0.309. The molecule has 1 amide bonds. The molecule has 19 heavy (non-hydrogen) atoms. The van der Waals surface area contributed by atoms with Crippen molar-refractivity contribution in [3.05, 3.63) is 17.8 Å². The van der Waals surface area contributed by atoms with Gasteiger partial charge in [-0.15, -0.1) is 10.2 Å². The van der Waals surface area contributed by atoms with Gasteiger partial charge in [-0.05, 0) is 32.4 Å². The third-order valence-electron chi connectivity index (χ3n) is 2.67.